The van der Waals surface area contributed by atoms with Gasteiger partial charge in [-0.25, -0.2) is 4.98 Å². The number of aromatic amines is 1. The molecule has 0 unspecified atom stereocenters. The second kappa shape index (κ2) is 2.92. The Labute approximate surface area is 82.5 Å². The van der Waals surface area contributed by atoms with Crippen LogP contribution in [0.15, 0.2) is 16.9 Å². The lowest BCUT2D eigenvalue weighted by Gasteiger charge is -1.97. The van der Waals surface area contributed by atoms with Gasteiger partial charge in [-0.2, -0.15) is 5.10 Å². The summed E-state index contributed by atoms with van der Waals surface area (Å²) in [6, 6.07) is 1.69. The lowest BCUT2D eigenvalue weighted by molar-refractivity contribution is 0.101. The summed E-state index contributed by atoms with van der Waals surface area (Å²) >= 11 is 3.23. The number of ketones is 1. The average Bonchev–Trinajstić information content (AvgIpc) is 2.49. The van der Waals surface area contributed by atoms with Gasteiger partial charge in [0.15, 0.2) is 11.4 Å². The Balaban J connectivity index is 2.84. The highest BCUT2D eigenvalue weighted by atomic mass is 79.9. The van der Waals surface area contributed by atoms with E-state index in [0.717, 1.165) is 5.39 Å². The fourth-order valence-electron chi connectivity index (χ4n) is 1.19. The smallest absolute Gasteiger partial charge is 0.160 e. The molecule has 0 saturated heterocycles. The van der Waals surface area contributed by atoms with Crippen LogP contribution in [0, 0.1) is 0 Å². The zero-order valence-corrected chi connectivity index (χ0v) is 8.42. The monoisotopic (exact) mass is 239 g/mol. The molecular formula is C8H6BrN3O. The summed E-state index contributed by atoms with van der Waals surface area (Å²) in [5.74, 6) is 0.00880. The van der Waals surface area contributed by atoms with E-state index >= 15 is 0 Å². The number of halogens is 1. The van der Waals surface area contributed by atoms with Crippen LogP contribution in [0.2, 0.25) is 0 Å². The van der Waals surface area contributed by atoms with E-state index in [4.69, 9.17) is 0 Å². The van der Waals surface area contributed by atoms with Gasteiger partial charge in [0.2, 0.25) is 0 Å². The number of rotatable bonds is 1. The average molecular weight is 240 g/mol. The van der Waals surface area contributed by atoms with E-state index in [-0.39, 0.29) is 5.78 Å². The van der Waals surface area contributed by atoms with E-state index in [0.29, 0.717) is 15.8 Å². The summed E-state index contributed by atoms with van der Waals surface area (Å²) < 4.78 is 0.634. The highest BCUT2D eigenvalue weighted by Crippen LogP contribution is 2.19. The van der Waals surface area contributed by atoms with Crippen molar-refractivity contribution >= 4 is 32.7 Å². The molecule has 0 aromatic carbocycles. The predicted octanol–water partition coefficient (Wildman–Crippen LogP) is 1.92. The van der Waals surface area contributed by atoms with Gasteiger partial charge < -0.3 is 0 Å². The molecule has 2 aromatic heterocycles. The quantitative estimate of drug-likeness (QED) is 0.611. The van der Waals surface area contributed by atoms with Crippen LogP contribution in [0.5, 0.6) is 0 Å². The first-order valence-electron chi connectivity index (χ1n) is 3.69. The van der Waals surface area contributed by atoms with Gasteiger partial charge in [-0.05, 0) is 28.9 Å². The highest BCUT2D eigenvalue weighted by Gasteiger charge is 2.09. The minimum absolute atomic E-state index is 0.00880. The largest absolute Gasteiger partial charge is 0.294 e. The van der Waals surface area contributed by atoms with E-state index in [9.17, 15) is 4.79 Å². The van der Waals surface area contributed by atoms with Gasteiger partial charge in [-0.3, -0.25) is 9.89 Å². The maximum atomic E-state index is 11.2. The summed E-state index contributed by atoms with van der Waals surface area (Å²) in [7, 11) is 0. The molecule has 0 amide bonds. The fourth-order valence-corrected chi connectivity index (χ4v) is 1.60. The van der Waals surface area contributed by atoms with Crippen molar-refractivity contribution in [3.05, 3.63) is 22.4 Å². The molecule has 0 bridgehead atoms. The molecule has 2 rings (SSSR count). The van der Waals surface area contributed by atoms with Crippen molar-refractivity contribution < 1.29 is 4.79 Å². The molecule has 66 valence electrons. The number of hydrogen-bond acceptors (Lipinski definition) is 3. The molecule has 0 aliphatic rings. The topological polar surface area (TPSA) is 58.6 Å². The van der Waals surface area contributed by atoms with Crippen LogP contribution < -0.4 is 0 Å². The highest BCUT2D eigenvalue weighted by molar-refractivity contribution is 9.10. The SMILES string of the molecule is CC(=O)c1cc(Br)nc2[nH]ncc12. The van der Waals surface area contributed by atoms with Gasteiger partial charge in [0, 0.05) is 10.9 Å². The van der Waals surface area contributed by atoms with E-state index < -0.39 is 0 Å². The molecule has 0 aliphatic heterocycles. The number of pyridine rings is 1. The second-order valence-corrected chi connectivity index (χ2v) is 3.49. The maximum Gasteiger partial charge on any atom is 0.160 e. The number of nitrogens with one attached hydrogen (secondary N) is 1. The van der Waals surface area contributed by atoms with Crippen LogP contribution in [0.25, 0.3) is 11.0 Å². The number of H-pyrrole nitrogens is 1. The lowest BCUT2D eigenvalue weighted by atomic mass is 10.1. The normalized spacial score (nSPS) is 10.6. The Hall–Kier alpha value is -1.23. The first-order valence-corrected chi connectivity index (χ1v) is 4.48. The third kappa shape index (κ3) is 1.35. The standard InChI is InChI=1S/C8H6BrN3O/c1-4(13)5-2-7(9)11-8-6(5)3-10-12-8/h2-3H,1H3,(H,10,11,12). The molecule has 4 nitrogen and oxygen atoms in total. The van der Waals surface area contributed by atoms with E-state index in [2.05, 4.69) is 31.1 Å². The molecule has 13 heavy (non-hydrogen) atoms. The number of aromatic nitrogens is 3. The van der Waals surface area contributed by atoms with Crippen molar-refractivity contribution in [1.29, 1.82) is 0 Å². The van der Waals surface area contributed by atoms with Crippen LogP contribution in [0.4, 0.5) is 0 Å². The summed E-state index contributed by atoms with van der Waals surface area (Å²) in [5, 5.41) is 7.30. The number of carbonyl (C=O) groups excluding carboxylic acids is 1. The van der Waals surface area contributed by atoms with Gasteiger partial charge in [0.25, 0.3) is 0 Å². The Morgan fingerprint density at radius 3 is 3.08 bits per heavy atom. The molecule has 0 spiro atoms. The molecule has 5 heteroatoms. The van der Waals surface area contributed by atoms with Crippen molar-refractivity contribution in [3.8, 4) is 0 Å². The number of fused-ring (bicyclic) bond motifs is 1. The van der Waals surface area contributed by atoms with Gasteiger partial charge in [-0.1, -0.05) is 0 Å². The summed E-state index contributed by atoms with van der Waals surface area (Å²) in [4.78, 5) is 15.3. The van der Waals surface area contributed by atoms with E-state index in [1.54, 1.807) is 12.3 Å². The van der Waals surface area contributed by atoms with Crippen molar-refractivity contribution in [2.45, 2.75) is 6.92 Å². The van der Waals surface area contributed by atoms with Gasteiger partial charge in [0.1, 0.15) is 4.60 Å². The molecule has 1 N–H and O–H groups in total. The molecule has 0 aliphatic carbocycles. The number of carbonyl (C=O) groups is 1. The van der Waals surface area contributed by atoms with Crippen molar-refractivity contribution in [2.24, 2.45) is 0 Å². The zero-order valence-electron chi connectivity index (χ0n) is 6.84. The third-order valence-corrected chi connectivity index (χ3v) is 2.18. The number of hydrogen-bond donors (Lipinski definition) is 1. The molecule has 2 heterocycles. The molecule has 0 atom stereocenters. The Morgan fingerprint density at radius 1 is 1.62 bits per heavy atom. The van der Waals surface area contributed by atoms with Crippen LogP contribution in [0.1, 0.15) is 17.3 Å². The Kier molecular flexibility index (Phi) is 1.88. The zero-order chi connectivity index (χ0) is 9.42. The molecule has 0 saturated carbocycles. The summed E-state index contributed by atoms with van der Waals surface area (Å²) in [6.45, 7) is 1.52. The lowest BCUT2D eigenvalue weighted by Crippen LogP contribution is -1.94. The Bertz CT molecular complexity index is 477. The predicted molar refractivity (Wildman–Crippen MR) is 51.6 cm³/mol. The second-order valence-electron chi connectivity index (χ2n) is 2.68. The minimum atomic E-state index is 0.00880. The first-order chi connectivity index (χ1) is 6.18. The van der Waals surface area contributed by atoms with Gasteiger partial charge in [0.05, 0.1) is 6.20 Å². The number of nitrogens with zero attached hydrogens (tertiary/aromatic N) is 2. The van der Waals surface area contributed by atoms with Crippen LogP contribution in [-0.4, -0.2) is 21.0 Å². The van der Waals surface area contributed by atoms with Crippen molar-refractivity contribution in [3.63, 3.8) is 0 Å². The molecule has 0 radical (unpaired) electrons. The van der Waals surface area contributed by atoms with Crippen molar-refractivity contribution in [1.82, 2.24) is 15.2 Å². The van der Waals surface area contributed by atoms with Crippen molar-refractivity contribution in [2.75, 3.05) is 0 Å². The van der Waals surface area contributed by atoms with Crippen LogP contribution in [0.3, 0.4) is 0 Å². The third-order valence-electron chi connectivity index (χ3n) is 1.77. The summed E-state index contributed by atoms with van der Waals surface area (Å²) in [6.07, 6.45) is 1.60. The maximum absolute atomic E-state index is 11.2. The molecule has 2 aromatic rings. The molecule has 0 fully saturated rings. The van der Waals surface area contributed by atoms with E-state index in [1.165, 1.54) is 6.92 Å². The van der Waals surface area contributed by atoms with E-state index in [1.807, 2.05) is 0 Å². The van der Waals surface area contributed by atoms with Crippen LogP contribution in [-0.2, 0) is 0 Å². The van der Waals surface area contributed by atoms with Gasteiger partial charge >= 0.3 is 0 Å². The van der Waals surface area contributed by atoms with Gasteiger partial charge in [-0.15, -0.1) is 0 Å². The molecular weight excluding hydrogens is 234 g/mol. The fraction of sp³-hybridized carbons (Fsp3) is 0.125. The first kappa shape index (κ1) is 8.37. The minimum Gasteiger partial charge on any atom is -0.294 e. The van der Waals surface area contributed by atoms with Crippen LogP contribution >= 0.6 is 15.9 Å². The summed E-state index contributed by atoms with van der Waals surface area (Å²) in [5.41, 5.74) is 1.25. The Morgan fingerprint density at radius 2 is 2.38 bits per heavy atom. The number of Topliss-reactive ketones (excluding diaryl/α,β-unsaturated/α-hetero) is 1.